The highest BCUT2D eigenvalue weighted by Crippen LogP contribution is 2.37. The summed E-state index contributed by atoms with van der Waals surface area (Å²) in [6.45, 7) is 7.95. The maximum absolute atomic E-state index is 5.74. The zero-order chi connectivity index (χ0) is 14.4. The Kier molecular flexibility index (Phi) is 13.3. The predicted octanol–water partition coefficient (Wildman–Crippen LogP) is 5.01. The standard InChI is InChI=1S/C17H38OSi/c1-4-7-10-13-17(16-18-19,14-11-8-5-2)15-12-9-6-3/h4-16H2,1-3,19H3. The van der Waals surface area contributed by atoms with Gasteiger partial charge < -0.3 is 4.43 Å². The molecule has 0 aromatic heterocycles. The van der Waals surface area contributed by atoms with Crippen LogP contribution in [-0.2, 0) is 4.43 Å². The maximum Gasteiger partial charge on any atom is 0.145 e. The van der Waals surface area contributed by atoms with E-state index in [0.717, 1.165) is 17.1 Å². The Morgan fingerprint density at radius 1 is 0.684 bits per heavy atom. The smallest absolute Gasteiger partial charge is 0.145 e. The van der Waals surface area contributed by atoms with Gasteiger partial charge in [-0.15, -0.1) is 0 Å². The van der Waals surface area contributed by atoms with Crippen LogP contribution >= 0.6 is 0 Å². The van der Waals surface area contributed by atoms with Crippen LogP contribution in [0.5, 0.6) is 0 Å². The van der Waals surface area contributed by atoms with Gasteiger partial charge in [-0.1, -0.05) is 78.6 Å². The molecule has 0 spiro atoms. The topological polar surface area (TPSA) is 9.23 Å². The highest BCUT2D eigenvalue weighted by molar-refractivity contribution is 5.97. The summed E-state index contributed by atoms with van der Waals surface area (Å²) in [6.07, 6.45) is 16.6. The molecule has 0 N–H and O–H groups in total. The minimum atomic E-state index is 0.515. The van der Waals surface area contributed by atoms with Crippen LogP contribution in [0, 0.1) is 5.41 Å². The third-order valence-electron chi connectivity index (χ3n) is 4.38. The molecule has 19 heavy (non-hydrogen) atoms. The molecular weight excluding hydrogens is 248 g/mol. The van der Waals surface area contributed by atoms with Gasteiger partial charge in [-0.05, 0) is 24.7 Å². The maximum atomic E-state index is 5.74. The molecule has 0 rings (SSSR count). The van der Waals surface area contributed by atoms with Crippen LogP contribution < -0.4 is 0 Å². The molecule has 0 heterocycles. The van der Waals surface area contributed by atoms with Gasteiger partial charge in [-0.25, -0.2) is 0 Å². The molecule has 0 aliphatic carbocycles. The van der Waals surface area contributed by atoms with E-state index < -0.39 is 0 Å². The van der Waals surface area contributed by atoms with E-state index in [9.17, 15) is 0 Å². The van der Waals surface area contributed by atoms with Crippen LogP contribution in [0.1, 0.15) is 97.8 Å². The predicted molar refractivity (Wildman–Crippen MR) is 90.8 cm³/mol. The second-order valence-corrected chi connectivity index (χ2v) is 6.88. The minimum Gasteiger partial charge on any atom is -0.427 e. The summed E-state index contributed by atoms with van der Waals surface area (Å²) in [5, 5.41) is 0. The molecule has 0 radical (unpaired) electrons. The first-order chi connectivity index (χ1) is 9.24. The molecule has 116 valence electrons. The van der Waals surface area contributed by atoms with Gasteiger partial charge in [0.05, 0.1) is 0 Å². The van der Waals surface area contributed by atoms with Crippen molar-refractivity contribution in [1.29, 1.82) is 0 Å². The molecule has 0 bridgehead atoms. The molecule has 1 nitrogen and oxygen atoms in total. The second kappa shape index (κ2) is 13.2. The van der Waals surface area contributed by atoms with E-state index in [1.165, 1.54) is 77.0 Å². The molecule has 0 aromatic carbocycles. The molecule has 0 saturated heterocycles. The van der Waals surface area contributed by atoms with Crippen LogP contribution in [0.2, 0.25) is 0 Å². The van der Waals surface area contributed by atoms with Crippen molar-refractivity contribution in [1.82, 2.24) is 0 Å². The Morgan fingerprint density at radius 2 is 1.05 bits per heavy atom. The Balaban J connectivity index is 4.37. The average molecular weight is 287 g/mol. The fourth-order valence-corrected chi connectivity index (χ4v) is 3.76. The van der Waals surface area contributed by atoms with Crippen molar-refractivity contribution in [2.24, 2.45) is 5.41 Å². The van der Waals surface area contributed by atoms with Gasteiger partial charge in [0.1, 0.15) is 10.5 Å². The van der Waals surface area contributed by atoms with Crippen LogP contribution in [0.3, 0.4) is 0 Å². The molecule has 0 unspecified atom stereocenters. The summed E-state index contributed by atoms with van der Waals surface area (Å²) in [5.41, 5.74) is 0.515. The molecule has 0 aliphatic heterocycles. The van der Waals surface area contributed by atoms with Gasteiger partial charge in [0.15, 0.2) is 0 Å². The first-order valence-corrected chi connectivity index (χ1v) is 9.55. The van der Waals surface area contributed by atoms with Crippen LogP contribution in [-0.4, -0.2) is 17.1 Å². The summed E-state index contributed by atoms with van der Waals surface area (Å²) < 4.78 is 5.74. The number of hydrogen-bond acceptors (Lipinski definition) is 1. The lowest BCUT2D eigenvalue weighted by Gasteiger charge is -2.34. The van der Waals surface area contributed by atoms with Crippen LogP contribution in [0.4, 0.5) is 0 Å². The van der Waals surface area contributed by atoms with E-state index in [4.69, 9.17) is 4.43 Å². The van der Waals surface area contributed by atoms with E-state index in [1.807, 2.05) is 0 Å². The Labute approximate surface area is 125 Å². The molecule has 0 aliphatic rings. The second-order valence-electron chi connectivity index (χ2n) is 6.30. The summed E-state index contributed by atoms with van der Waals surface area (Å²) in [5.74, 6) is 0. The SMILES string of the molecule is CCCCCC(CCCCC)(CCCCC)CO[SiH3]. The third kappa shape index (κ3) is 9.67. The van der Waals surface area contributed by atoms with Gasteiger partial charge in [-0.3, -0.25) is 0 Å². The Morgan fingerprint density at radius 3 is 1.32 bits per heavy atom. The molecule has 0 fully saturated rings. The van der Waals surface area contributed by atoms with Crippen molar-refractivity contribution in [3.05, 3.63) is 0 Å². The lowest BCUT2D eigenvalue weighted by Crippen LogP contribution is -2.27. The lowest BCUT2D eigenvalue weighted by molar-refractivity contribution is 0.108. The summed E-state index contributed by atoms with van der Waals surface area (Å²) in [4.78, 5) is 0. The molecule has 0 saturated carbocycles. The van der Waals surface area contributed by atoms with Gasteiger partial charge in [-0.2, -0.15) is 0 Å². The van der Waals surface area contributed by atoms with E-state index in [1.54, 1.807) is 0 Å². The van der Waals surface area contributed by atoms with Crippen molar-refractivity contribution < 1.29 is 4.43 Å². The number of unbranched alkanes of at least 4 members (excludes halogenated alkanes) is 6. The largest absolute Gasteiger partial charge is 0.427 e. The Hall–Kier alpha value is 0.177. The van der Waals surface area contributed by atoms with Crippen molar-refractivity contribution in [2.75, 3.05) is 6.61 Å². The fraction of sp³-hybridized carbons (Fsp3) is 1.00. The zero-order valence-electron chi connectivity index (χ0n) is 14.1. The molecule has 2 heteroatoms. The van der Waals surface area contributed by atoms with Crippen LogP contribution in [0.15, 0.2) is 0 Å². The molecular formula is C17H38OSi. The number of rotatable bonds is 14. The van der Waals surface area contributed by atoms with Crippen molar-refractivity contribution in [3.8, 4) is 0 Å². The lowest BCUT2D eigenvalue weighted by atomic mass is 9.75. The summed E-state index contributed by atoms with van der Waals surface area (Å²) in [7, 11) is 0.899. The van der Waals surface area contributed by atoms with E-state index >= 15 is 0 Å². The molecule has 0 aromatic rings. The van der Waals surface area contributed by atoms with Crippen molar-refractivity contribution in [3.63, 3.8) is 0 Å². The normalized spacial score (nSPS) is 12.2. The van der Waals surface area contributed by atoms with Gasteiger partial charge >= 0.3 is 0 Å². The van der Waals surface area contributed by atoms with Crippen molar-refractivity contribution >= 4 is 10.5 Å². The highest BCUT2D eigenvalue weighted by atomic mass is 28.2. The summed E-state index contributed by atoms with van der Waals surface area (Å²) >= 11 is 0. The molecule has 0 atom stereocenters. The first kappa shape index (κ1) is 19.2. The summed E-state index contributed by atoms with van der Waals surface area (Å²) in [6, 6.07) is 0. The van der Waals surface area contributed by atoms with Gasteiger partial charge in [0, 0.05) is 6.61 Å². The first-order valence-electron chi connectivity index (χ1n) is 8.73. The van der Waals surface area contributed by atoms with E-state index in [2.05, 4.69) is 20.8 Å². The Bertz CT molecular complexity index is 156. The monoisotopic (exact) mass is 286 g/mol. The van der Waals surface area contributed by atoms with Gasteiger partial charge in [0.25, 0.3) is 0 Å². The minimum absolute atomic E-state index is 0.515. The number of hydrogen-bond donors (Lipinski definition) is 0. The highest BCUT2D eigenvalue weighted by Gasteiger charge is 2.28. The average Bonchev–Trinajstić information content (AvgIpc) is 2.40. The van der Waals surface area contributed by atoms with Crippen molar-refractivity contribution in [2.45, 2.75) is 97.8 Å². The van der Waals surface area contributed by atoms with Crippen LogP contribution in [0.25, 0.3) is 0 Å². The quantitative estimate of drug-likeness (QED) is 0.322. The van der Waals surface area contributed by atoms with E-state index in [0.29, 0.717) is 5.41 Å². The van der Waals surface area contributed by atoms with Gasteiger partial charge in [0.2, 0.25) is 0 Å². The zero-order valence-corrected chi connectivity index (χ0v) is 16.1. The molecule has 0 amide bonds. The fourth-order valence-electron chi connectivity index (χ4n) is 3.15. The third-order valence-corrected chi connectivity index (χ3v) is 4.67. The van der Waals surface area contributed by atoms with E-state index in [-0.39, 0.29) is 0 Å².